The van der Waals surface area contributed by atoms with Crippen LogP contribution in [0, 0.1) is 11.8 Å². The van der Waals surface area contributed by atoms with E-state index in [1.807, 2.05) is 6.92 Å². The predicted octanol–water partition coefficient (Wildman–Crippen LogP) is 1.78. The molecule has 2 aliphatic rings. The van der Waals surface area contributed by atoms with Crippen molar-refractivity contribution in [3.05, 3.63) is 0 Å². The molecule has 2 fully saturated rings. The summed E-state index contributed by atoms with van der Waals surface area (Å²) >= 11 is 0. The fourth-order valence-electron chi connectivity index (χ4n) is 2.22. The first-order valence-corrected chi connectivity index (χ1v) is 4.76. The summed E-state index contributed by atoms with van der Waals surface area (Å²) in [7, 11) is 0. The lowest BCUT2D eigenvalue weighted by Crippen LogP contribution is -2.34. The number of hydrogen-bond donors (Lipinski definition) is 0. The van der Waals surface area contributed by atoms with Crippen molar-refractivity contribution in [3.8, 4) is 0 Å². The SMILES string of the molecule is CC(C)[C@H]1CC[C@@]2(C)O[C@H]2C1=O. The molecule has 0 radical (unpaired) electrons. The van der Waals surface area contributed by atoms with Gasteiger partial charge in [-0.25, -0.2) is 0 Å². The molecule has 1 aliphatic heterocycles. The Bertz CT molecular complexity index is 222. The zero-order chi connectivity index (χ0) is 8.93. The Morgan fingerprint density at radius 3 is 2.83 bits per heavy atom. The van der Waals surface area contributed by atoms with Gasteiger partial charge in [0.1, 0.15) is 6.10 Å². The molecule has 2 rings (SSSR count). The molecule has 0 bridgehead atoms. The summed E-state index contributed by atoms with van der Waals surface area (Å²) in [4.78, 5) is 11.7. The molecule has 0 aromatic heterocycles. The van der Waals surface area contributed by atoms with E-state index in [1.54, 1.807) is 0 Å². The standard InChI is InChI=1S/C10H16O2/c1-6(2)7-4-5-10(3)9(12-10)8(7)11/h6-7,9H,4-5H2,1-3H3/t7-,9+,10-/m1/s1. The first-order chi connectivity index (χ1) is 5.54. The van der Waals surface area contributed by atoms with Crippen molar-refractivity contribution < 1.29 is 9.53 Å². The van der Waals surface area contributed by atoms with E-state index in [-0.39, 0.29) is 17.6 Å². The van der Waals surface area contributed by atoms with Gasteiger partial charge in [0, 0.05) is 5.92 Å². The Hall–Kier alpha value is -0.370. The van der Waals surface area contributed by atoms with Crippen molar-refractivity contribution in [1.29, 1.82) is 0 Å². The Morgan fingerprint density at radius 1 is 1.58 bits per heavy atom. The van der Waals surface area contributed by atoms with Crippen LogP contribution in [0.1, 0.15) is 33.6 Å². The summed E-state index contributed by atoms with van der Waals surface area (Å²) < 4.78 is 5.41. The lowest BCUT2D eigenvalue weighted by Gasteiger charge is -2.23. The number of ether oxygens (including phenoxy) is 1. The Morgan fingerprint density at radius 2 is 2.25 bits per heavy atom. The van der Waals surface area contributed by atoms with Crippen molar-refractivity contribution in [2.24, 2.45) is 11.8 Å². The number of rotatable bonds is 1. The van der Waals surface area contributed by atoms with E-state index in [9.17, 15) is 4.79 Å². The van der Waals surface area contributed by atoms with Gasteiger partial charge < -0.3 is 4.74 Å². The summed E-state index contributed by atoms with van der Waals surface area (Å²) in [6.45, 7) is 6.29. The van der Waals surface area contributed by atoms with Crippen molar-refractivity contribution in [2.45, 2.75) is 45.3 Å². The fourth-order valence-corrected chi connectivity index (χ4v) is 2.22. The summed E-state index contributed by atoms with van der Waals surface area (Å²) in [5, 5.41) is 0. The van der Waals surface area contributed by atoms with Crippen LogP contribution >= 0.6 is 0 Å². The Kier molecular flexibility index (Phi) is 1.59. The number of epoxide rings is 1. The monoisotopic (exact) mass is 168 g/mol. The largest absolute Gasteiger partial charge is 0.358 e. The molecule has 0 unspecified atom stereocenters. The van der Waals surface area contributed by atoms with Crippen LogP contribution < -0.4 is 0 Å². The topological polar surface area (TPSA) is 29.6 Å². The fraction of sp³-hybridized carbons (Fsp3) is 0.900. The maximum Gasteiger partial charge on any atom is 0.167 e. The molecule has 68 valence electrons. The number of carbonyl (C=O) groups is 1. The maximum absolute atomic E-state index is 11.7. The minimum absolute atomic E-state index is 0.0568. The first kappa shape index (κ1) is 8.24. The van der Waals surface area contributed by atoms with Gasteiger partial charge >= 0.3 is 0 Å². The molecule has 2 nitrogen and oxygen atoms in total. The van der Waals surface area contributed by atoms with Crippen molar-refractivity contribution in [2.75, 3.05) is 0 Å². The number of hydrogen-bond acceptors (Lipinski definition) is 2. The molecule has 2 heteroatoms. The maximum atomic E-state index is 11.7. The summed E-state index contributed by atoms with van der Waals surface area (Å²) in [5.74, 6) is 1.08. The van der Waals surface area contributed by atoms with E-state index < -0.39 is 0 Å². The molecule has 0 amide bonds. The zero-order valence-corrected chi connectivity index (χ0v) is 7.96. The second-order valence-corrected chi connectivity index (χ2v) is 4.60. The second kappa shape index (κ2) is 2.32. The third-order valence-electron chi connectivity index (χ3n) is 3.26. The van der Waals surface area contributed by atoms with Gasteiger partial charge in [-0.3, -0.25) is 4.79 Å². The Labute approximate surface area is 73.3 Å². The highest BCUT2D eigenvalue weighted by molar-refractivity contribution is 5.90. The zero-order valence-electron chi connectivity index (χ0n) is 7.96. The van der Waals surface area contributed by atoms with Gasteiger partial charge in [-0.15, -0.1) is 0 Å². The van der Waals surface area contributed by atoms with Gasteiger partial charge in [0.25, 0.3) is 0 Å². The quantitative estimate of drug-likeness (QED) is 0.558. The van der Waals surface area contributed by atoms with E-state index >= 15 is 0 Å². The number of ketones is 1. The lowest BCUT2D eigenvalue weighted by molar-refractivity contribution is -0.126. The molecule has 3 atom stereocenters. The summed E-state index contributed by atoms with van der Waals surface area (Å²) in [5.41, 5.74) is -0.0670. The molecule has 1 aliphatic carbocycles. The molecule has 12 heavy (non-hydrogen) atoms. The number of carbonyl (C=O) groups excluding carboxylic acids is 1. The molecule has 0 spiro atoms. The average molecular weight is 168 g/mol. The average Bonchev–Trinajstić information content (AvgIpc) is 2.62. The highest BCUT2D eigenvalue weighted by atomic mass is 16.6. The van der Waals surface area contributed by atoms with Crippen LogP contribution in [0.25, 0.3) is 0 Å². The predicted molar refractivity (Wildman–Crippen MR) is 45.8 cm³/mol. The number of Topliss-reactive ketones (excluding diaryl/α,β-unsaturated/α-hetero) is 1. The van der Waals surface area contributed by atoms with Crippen LogP contribution in [-0.4, -0.2) is 17.5 Å². The van der Waals surface area contributed by atoms with Gasteiger partial charge in [0.05, 0.1) is 5.60 Å². The molecule has 0 aromatic rings. The third kappa shape index (κ3) is 1.01. The van der Waals surface area contributed by atoms with E-state index in [0.29, 0.717) is 11.7 Å². The van der Waals surface area contributed by atoms with Gasteiger partial charge in [-0.05, 0) is 25.7 Å². The van der Waals surface area contributed by atoms with E-state index in [0.717, 1.165) is 12.8 Å². The number of fused-ring (bicyclic) bond motifs is 1. The first-order valence-electron chi connectivity index (χ1n) is 4.76. The van der Waals surface area contributed by atoms with Crippen molar-refractivity contribution >= 4 is 5.78 Å². The van der Waals surface area contributed by atoms with Crippen LogP contribution in [0.5, 0.6) is 0 Å². The molecular formula is C10H16O2. The normalized spacial score (nSPS) is 46.2. The molecule has 0 N–H and O–H groups in total. The van der Waals surface area contributed by atoms with Crippen LogP contribution in [0.3, 0.4) is 0 Å². The highest BCUT2D eigenvalue weighted by Crippen LogP contribution is 2.48. The van der Waals surface area contributed by atoms with E-state index in [1.165, 1.54) is 0 Å². The van der Waals surface area contributed by atoms with Gasteiger partial charge in [0.15, 0.2) is 5.78 Å². The van der Waals surface area contributed by atoms with E-state index in [2.05, 4.69) is 13.8 Å². The molecular weight excluding hydrogens is 152 g/mol. The minimum atomic E-state index is -0.0670. The van der Waals surface area contributed by atoms with Crippen LogP contribution in [-0.2, 0) is 9.53 Å². The van der Waals surface area contributed by atoms with Crippen LogP contribution in [0.4, 0.5) is 0 Å². The smallest absolute Gasteiger partial charge is 0.167 e. The molecule has 1 heterocycles. The minimum Gasteiger partial charge on any atom is -0.358 e. The van der Waals surface area contributed by atoms with Crippen LogP contribution in [0.15, 0.2) is 0 Å². The highest BCUT2D eigenvalue weighted by Gasteiger charge is 2.60. The molecule has 1 saturated heterocycles. The molecule has 0 aromatic carbocycles. The van der Waals surface area contributed by atoms with Crippen molar-refractivity contribution in [1.82, 2.24) is 0 Å². The summed E-state index contributed by atoms with van der Waals surface area (Å²) in [6.07, 6.45) is 2.02. The summed E-state index contributed by atoms with van der Waals surface area (Å²) in [6, 6.07) is 0. The van der Waals surface area contributed by atoms with Gasteiger partial charge in [-0.1, -0.05) is 13.8 Å². The molecule has 1 saturated carbocycles. The third-order valence-corrected chi connectivity index (χ3v) is 3.26. The van der Waals surface area contributed by atoms with Gasteiger partial charge in [-0.2, -0.15) is 0 Å². The van der Waals surface area contributed by atoms with Crippen molar-refractivity contribution in [3.63, 3.8) is 0 Å². The lowest BCUT2D eigenvalue weighted by atomic mass is 9.77. The van der Waals surface area contributed by atoms with Crippen LogP contribution in [0.2, 0.25) is 0 Å². The van der Waals surface area contributed by atoms with Gasteiger partial charge in [0.2, 0.25) is 0 Å². The second-order valence-electron chi connectivity index (χ2n) is 4.60. The van der Waals surface area contributed by atoms with E-state index in [4.69, 9.17) is 4.74 Å². The Balaban J connectivity index is 2.10.